The second-order valence-corrected chi connectivity index (χ2v) is 3.95. The van der Waals surface area contributed by atoms with Gasteiger partial charge >= 0.3 is 0 Å². The second kappa shape index (κ2) is 6.34. The summed E-state index contributed by atoms with van der Waals surface area (Å²) in [6, 6.07) is 19.3. The van der Waals surface area contributed by atoms with Gasteiger partial charge < -0.3 is 0 Å². The van der Waals surface area contributed by atoms with Gasteiger partial charge in [0.2, 0.25) is 0 Å². The van der Waals surface area contributed by atoms with Gasteiger partial charge in [0, 0.05) is 0 Å². The van der Waals surface area contributed by atoms with Crippen molar-refractivity contribution in [2.75, 3.05) is 0 Å². The third kappa shape index (κ3) is 3.18. The SMILES string of the molecule is N#CC(c1ccccc1)c1ccc(N=CNO)cc1. The van der Waals surface area contributed by atoms with Crippen LogP contribution in [-0.4, -0.2) is 11.5 Å². The lowest BCUT2D eigenvalue weighted by Gasteiger charge is -2.09. The number of hydrogen-bond donors (Lipinski definition) is 2. The van der Waals surface area contributed by atoms with Crippen LogP contribution in [0.1, 0.15) is 17.0 Å². The molecule has 0 amide bonds. The van der Waals surface area contributed by atoms with Crippen LogP contribution in [0.3, 0.4) is 0 Å². The fourth-order valence-electron chi connectivity index (χ4n) is 1.84. The highest BCUT2D eigenvalue weighted by Crippen LogP contribution is 2.25. The highest BCUT2D eigenvalue weighted by atomic mass is 16.5. The Bertz CT molecular complexity index is 585. The predicted molar refractivity (Wildman–Crippen MR) is 73.4 cm³/mol. The summed E-state index contributed by atoms with van der Waals surface area (Å²) in [6.45, 7) is 0. The van der Waals surface area contributed by atoms with Gasteiger partial charge in [-0.1, -0.05) is 42.5 Å². The molecule has 0 spiro atoms. The van der Waals surface area contributed by atoms with Gasteiger partial charge in [-0.05, 0) is 23.3 Å². The molecule has 1 atom stereocenters. The summed E-state index contributed by atoms with van der Waals surface area (Å²) in [5, 5.41) is 17.7. The van der Waals surface area contributed by atoms with Crippen molar-refractivity contribution in [3.63, 3.8) is 0 Å². The molecule has 2 rings (SSSR count). The Labute approximate surface area is 111 Å². The van der Waals surface area contributed by atoms with E-state index in [9.17, 15) is 5.26 Å². The fourth-order valence-corrected chi connectivity index (χ4v) is 1.84. The van der Waals surface area contributed by atoms with Crippen LogP contribution < -0.4 is 5.48 Å². The molecule has 0 aliphatic heterocycles. The van der Waals surface area contributed by atoms with Crippen molar-refractivity contribution < 1.29 is 5.21 Å². The molecular weight excluding hydrogens is 238 g/mol. The third-order valence-corrected chi connectivity index (χ3v) is 2.76. The molecule has 0 aliphatic carbocycles. The van der Waals surface area contributed by atoms with Crippen molar-refractivity contribution in [3.8, 4) is 6.07 Å². The lowest BCUT2D eigenvalue weighted by Crippen LogP contribution is -2.01. The van der Waals surface area contributed by atoms with E-state index in [0.29, 0.717) is 5.69 Å². The quantitative estimate of drug-likeness (QED) is 0.498. The lowest BCUT2D eigenvalue weighted by molar-refractivity contribution is 0.240. The molecule has 4 nitrogen and oxygen atoms in total. The van der Waals surface area contributed by atoms with Crippen molar-refractivity contribution in [1.29, 1.82) is 5.26 Å². The summed E-state index contributed by atoms with van der Waals surface area (Å²) >= 11 is 0. The number of hydroxylamine groups is 1. The molecule has 1 unspecified atom stereocenters. The molecule has 2 N–H and O–H groups in total. The van der Waals surface area contributed by atoms with E-state index in [4.69, 9.17) is 5.21 Å². The summed E-state index contributed by atoms with van der Waals surface area (Å²) in [5.41, 5.74) is 4.44. The van der Waals surface area contributed by atoms with Gasteiger partial charge in [0.1, 0.15) is 6.34 Å². The van der Waals surface area contributed by atoms with Gasteiger partial charge in [0.25, 0.3) is 0 Å². The molecule has 0 saturated heterocycles. The molecule has 4 heteroatoms. The molecule has 0 aliphatic rings. The van der Waals surface area contributed by atoms with Crippen molar-refractivity contribution >= 4 is 12.0 Å². The zero-order chi connectivity index (χ0) is 13.5. The minimum absolute atomic E-state index is 0.282. The Morgan fingerprint density at radius 3 is 2.26 bits per heavy atom. The van der Waals surface area contributed by atoms with Crippen molar-refractivity contribution in [2.24, 2.45) is 4.99 Å². The number of nitrogens with zero attached hydrogens (tertiary/aromatic N) is 2. The number of nitrogens with one attached hydrogen (secondary N) is 1. The Balaban J connectivity index is 2.26. The lowest BCUT2D eigenvalue weighted by atomic mass is 9.93. The predicted octanol–water partition coefficient (Wildman–Crippen LogP) is 2.98. The van der Waals surface area contributed by atoms with Gasteiger partial charge in [-0.3, -0.25) is 10.7 Å². The zero-order valence-electron chi connectivity index (χ0n) is 10.2. The normalized spacial score (nSPS) is 12.0. The van der Waals surface area contributed by atoms with E-state index in [0.717, 1.165) is 11.1 Å². The van der Waals surface area contributed by atoms with Crippen LogP contribution >= 0.6 is 0 Å². The molecule has 0 bridgehead atoms. The molecule has 0 radical (unpaired) electrons. The Morgan fingerprint density at radius 1 is 1.05 bits per heavy atom. The molecule has 0 saturated carbocycles. The average molecular weight is 251 g/mol. The van der Waals surface area contributed by atoms with Crippen LogP contribution in [0.2, 0.25) is 0 Å². The molecule has 2 aromatic carbocycles. The maximum Gasteiger partial charge on any atom is 0.113 e. The summed E-state index contributed by atoms with van der Waals surface area (Å²) in [6.07, 6.45) is 1.19. The number of nitriles is 1. The number of aliphatic imine (C=N–C) groups is 1. The first kappa shape index (κ1) is 12.8. The first-order chi connectivity index (χ1) is 9.35. The molecule has 0 heterocycles. The van der Waals surface area contributed by atoms with Gasteiger partial charge in [0.15, 0.2) is 0 Å². The summed E-state index contributed by atoms with van der Waals surface area (Å²) < 4.78 is 0. The van der Waals surface area contributed by atoms with Crippen LogP contribution in [-0.2, 0) is 0 Å². The average Bonchev–Trinajstić information content (AvgIpc) is 2.48. The Kier molecular flexibility index (Phi) is 4.27. The number of benzene rings is 2. The van der Waals surface area contributed by atoms with E-state index in [2.05, 4.69) is 11.1 Å². The number of hydrogen-bond acceptors (Lipinski definition) is 3. The summed E-state index contributed by atoms with van der Waals surface area (Å²) in [7, 11) is 0. The molecule has 2 aromatic rings. The van der Waals surface area contributed by atoms with Gasteiger partial charge in [-0.25, -0.2) is 4.99 Å². The maximum absolute atomic E-state index is 9.32. The monoisotopic (exact) mass is 251 g/mol. The van der Waals surface area contributed by atoms with Crippen LogP contribution in [0.4, 0.5) is 5.69 Å². The van der Waals surface area contributed by atoms with E-state index in [1.165, 1.54) is 6.34 Å². The summed E-state index contributed by atoms with van der Waals surface area (Å²) in [5.74, 6) is -0.282. The van der Waals surface area contributed by atoms with Crippen LogP contribution in [0, 0.1) is 11.3 Å². The highest BCUT2D eigenvalue weighted by Gasteiger charge is 2.12. The third-order valence-electron chi connectivity index (χ3n) is 2.76. The number of rotatable bonds is 4. The second-order valence-electron chi connectivity index (χ2n) is 3.95. The van der Waals surface area contributed by atoms with Crippen LogP contribution in [0.25, 0.3) is 0 Å². The van der Waals surface area contributed by atoms with E-state index in [-0.39, 0.29) is 5.92 Å². The fraction of sp³-hybridized carbons (Fsp3) is 0.0667. The van der Waals surface area contributed by atoms with Crippen molar-refractivity contribution in [2.45, 2.75) is 5.92 Å². The minimum atomic E-state index is -0.282. The first-order valence-electron chi connectivity index (χ1n) is 5.82. The van der Waals surface area contributed by atoms with Gasteiger partial charge in [-0.15, -0.1) is 0 Å². The molecule has 94 valence electrons. The molecule has 0 fully saturated rings. The van der Waals surface area contributed by atoms with Crippen LogP contribution in [0.5, 0.6) is 0 Å². The highest BCUT2D eigenvalue weighted by molar-refractivity contribution is 5.60. The molecule has 19 heavy (non-hydrogen) atoms. The smallest absolute Gasteiger partial charge is 0.113 e. The zero-order valence-corrected chi connectivity index (χ0v) is 10.2. The first-order valence-corrected chi connectivity index (χ1v) is 5.82. The molecule has 0 aromatic heterocycles. The van der Waals surface area contributed by atoms with E-state index < -0.39 is 0 Å². The summed E-state index contributed by atoms with van der Waals surface area (Å²) in [4.78, 5) is 3.95. The standard InChI is InChI=1S/C15H13N3O/c16-10-15(12-4-2-1-3-5-12)13-6-8-14(9-7-13)17-11-18-19/h1-9,11,15,19H,(H,17,18). The van der Waals surface area contributed by atoms with Crippen molar-refractivity contribution in [1.82, 2.24) is 5.48 Å². The van der Waals surface area contributed by atoms with E-state index >= 15 is 0 Å². The van der Waals surface area contributed by atoms with Crippen molar-refractivity contribution in [3.05, 3.63) is 65.7 Å². The maximum atomic E-state index is 9.32. The Hall–Kier alpha value is -2.64. The van der Waals surface area contributed by atoms with Gasteiger partial charge in [-0.2, -0.15) is 5.26 Å². The largest absolute Gasteiger partial charge is 0.290 e. The van der Waals surface area contributed by atoms with Gasteiger partial charge in [0.05, 0.1) is 17.7 Å². The molecular formula is C15H13N3O. The Morgan fingerprint density at radius 2 is 1.68 bits per heavy atom. The van der Waals surface area contributed by atoms with E-state index in [1.54, 1.807) is 12.1 Å². The van der Waals surface area contributed by atoms with Crippen LogP contribution in [0.15, 0.2) is 59.6 Å². The topological polar surface area (TPSA) is 68.4 Å². The minimum Gasteiger partial charge on any atom is -0.290 e. The van der Waals surface area contributed by atoms with E-state index in [1.807, 2.05) is 47.9 Å².